The maximum absolute atomic E-state index is 12.1. The quantitative estimate of drug-likeness (QED) is 0.192. The third-order valence-electron chi connectivity index (χ3n) is 4.99. The minimum absolute atomic E-state index is 0. The summed E-state index contributed by atoms with van der Waals surface area (Å²) in [4.78, 5) is 16.4. The molecule has 0 heterocycles. The van der Waals surface area contributed by atoms with Gasteiger partial charge in [0.15, 0.2) is 5.96 Å². The van der Waals surface area contributed by atoms with Gasteiger partial charge in [0.1, 0.15) is 0 Å². The highest BCUT2D eigenvalue weighted by molar-refractivity contribution is 14.0. The molecule has 1 aliphatic rings. The lowest BCUT2D eigenvalue weighted by Crippen LogP contribution is -2.48. The number of guanidine groups is 1. The lowest BCUT2D eigenvalue weighted by Gasteiger charge is -2.42. The monoisotopic (exact) mass is 542 g/mol. The Morgan fingerprint density at radius 1 is 1.18 bits per heavy atom. The molecule has 1 fully saturated rings. The van der Waals surface area contributed by atoms with Crippen molar-refractivity contribution in [2.24, 2.45) is 10.4 Å². The third kappa shape index (κ3) is 7.57. The second-order valence-electron chi connectivity index (χ2n) is 6.83. The van der Waals surface area contributed by atoms with Crippen LogP contribution in [0.25, 0.3) is 0 Å². The number of aliphatic imine (C=N–C) groups is 1. The third-order valence-corrected chi connectivity index (χ3v) is 5.73. The molecule has 3 N–H and O–H groups in total. The van der Waals surface area contributed by atoms with Crippen LogP contribution in [0.15, 0.2) is 23.2 Å². The molecule has 1 aromatic carbocycles. The largest absolute Gasteiger partial charge is 0.385 e. The van der Waals surface area contributed by atoms with Crippen molar-refractivity contribution >= 4 is 59.0 Å². The normalized spacial score (nSPS) is 15.2. The molecule has 158 valence electrons. The molecule has 0 saturated heterocycles. The lowest BCUT2D eigenvalue weighted by molar-refractivity contribution is 0.0732. The summed E-state index contributed by atoms with van der Waals surface area (Å²) in [5, 5.41) is 10.3. The number of benzene rings is 1. The van der Waals surface area contributed by atoms with Crippen molar-refractivity contribution in [1.29, 1.82) is 0 Å². The molecule has 0 radical (unpaired) electrons. The molecule has 1 amide bonds. The highest BCUT2D eigenvalue weighted by atomic mass is 127. The fraction of sp³-hybridized carbons (Fsp3) is 0.579. The van der Waals surface area contributed by atoms with Gasteiger partial charge in [-0.3, -0.25) is 9.79 Å². The number of nitrogens with zero attached hydrogens (tertiary/aromatic N) is 1. The summed E-state index contributed by atoms with van der Waals surface area (Å²) in [6, 6.07) is 4.82. The van der Waals surface area contributed by atoms with Crippen LogP contribution in [0.3, 0.4) is 0 Å². The van der Waals surface area contributed by atoms with Gasteiger partial charge < -0.3 is 20.7 Å². The lowest BCUT2D eigenvalue weighted by atomic mass is 9.67. The van der Waals surface area contributed by atoms with Gasteiger partial charge >= 0.3 is 0 Å². The molecule has 9 heteroatoms. The van der Waals surface area contributed by atoms with Crippen LogP contribution in [0, 0.1) is 5.41 Å². The molecule has 0 bridgehead atoms. The van der Waals surface area contributed by atoms with Crippen LogP contribution in [0.4, 0.5) is 0 Å². The number of methoxy groups -OCH3 is 1. The first-order chi connectivity index (χ1) is 13.0. The number of nitrogens with one attached hydrogen (secondary N) is 3. The molecule has 0 aliphatic heterocycles. The van der Waals surface area contributed by atoms with Crippen molar-refractivity contribution < 1.29 is 9.53 Å². The zero-order valence-corrected chi connectivity index (χ0v) is 20.2. The van der Waals surface area contributed by atoms with E-state index in [0.717, 1.165) is 25.5 Å². The standard InChI is InChI=1S/C19H28Cl2N4O2.HI/c1-22-18(25-13-19(6-3-7-19)8-11-27-2)24-10-9-23-17(26)14-4-5-15(20)16(21)12-14;/h4-5,12H,3,6-11,13H2,1-2H3,(H,23,26)(H2,22,24,25);1H. The number of amides is 1. The van der Waals surface area contributed by atoms with Gasteiger partial charge in [-0.2, -0.15) is 0 Å². The summed E-state index contributed by atoms with van der Waals surface area (Å²) in [5.41, 5.74) is 0.798. The molecule has 1 aliphatic carbocycles. The van der Waals surface area contributed by atoms with Crippen LogP contribution < -0.4 is 16.0 Å². The Balaban J connectivity index is 0.00000392. The van der Waals surface area contributed by atoms with Crippen LogP contribution in [-0.2, 0) is 4.74 Å². The van der Waals surface area contributed by atoms with E-state index in [2.05, 4.69) is 20.9 Å². The van der Waals surface area contributed by atoms with Crippen molar-refractivity contribution in [2.75, 3.05) is 40.4 Å². The maximum Gasteiger partial charge on any atom is 0.251 e. The van der Waals surface area contributed by atoms with Crippen LogP contribution in [0.5, 0.6) is 0 Å². The first kappa shape index (κ1) is 25.3. The van der Waals surface area contributed by atoms with E-state index in [1.54, 1.807) is 32.4 Å². The van der Waals surface area contributed by atoms with E-state index in [-0.39, 0.29) is 29.9 Å². The Kier molecular flexibility index (Phi) is 11.5. The molecule has 0 aromatic heterocycles. The second kappa shape index (κ2) is 12.7. The van der Waals surface area contributed by atoms with Crippen LogP contribution >= 0.6 is 47.2 Å². The van der Waals surface area contributed by atoms with Crippen LogP contribution in [0.2, 0.25) is 10.0 Å². The van der Waals surface area contributed by atoms with E-state index in [0.29, 0.717) is 34.1 Å². The first-order valence-corrected chi connectivity index (χ1v) is 9.92. The number of halogens is 3. The van der Waals surface area contributed by atoms with Crippen molar-refractivity contribution in [3.8, 4) is 0 Å². The summed E-state index contributed by atoms with van der Waals surface area (Å²) < 4.78 is 5.23. The molecule has 28 heavy (non-hydrogen) atoms. The molecule has 0 spiro atoms. The molecule has 0 atom stereocenters. The van der Waals surface area contributed by atoms with Crippen molar-refractivity contribution in [2.45, 2.75) is 25.7 Å². The first-order valence-electron chi connectivity index (χ1n) is 9.16. The Morgan fingerprint density at radius 2 is 1.89 bits per heavy atom. The molecule has 2 rings (SSSR count). The van der Waals surface area contributed by atoms with E-state index in [4.69, 9.17) is 27.9 Å². The predicted molar refractivity (Wildman–Crippen MR) is 126 cm³/mol. The zero-order valence-electron chi connectivity index (χ0n) is 16.3. The summed E-state index contributed by atoms with van der Waals surface area (Å²) in [7, 11) is 3.48. The minimum Gasteiger partial charge on any atom is -0.385 e. The molecular weight excluding hydrogens is 514 g/mol. The number of carbonyl (C=O) groups is 1. The van der Waals surface area contributed by atoms with Gasteiger partial charge in [-0.1, -0.05) is 29.6 Å². The van der Waals surface area contributed by atoms with Gasteiger partial charge in [-0.25, -0.2) is 0 Å². The van der Waals surface area contributed by atoms with Crippen LogP contribution in [-0.4, -0.2) is 52.3 Å². The Labute approximate surface area is 194 Å². The smallest absolute Gasteiger partial charge is 0.251 e. The van der Waals surface area contributed by atoms with Crippen molar-refractivity contribution in [3.63, 3.8) is 0 Å². The van der Waals surface area contributed by atoms with E-state index >= 15 is 0 Å². The summed E-state index contributed by atoms with van der Waals surface area (Å²) in [5.74, 6) is 0.550. The van der Waals surface area contributed by atoms with Crippen molar-refractivity contribution in [1.82, 2.24) is 16.0 Å². The molecule has 0 unspecified atom stereocenters. The predicted octanol–water partition coefficient (Wildman–Crippen LogP) is 3.71. The van der Waals surface area contributed by atoms with Gasteiger partial charge in [0.25, 0.3) is 5.91 Å². The van der Waals surface area contributed by atoms with E-state index in [1.165, 1.54) is 19.3 Å². The number of ether oxygens (including phenoxy) is 1. The van der Waals surface area contributed by atoms with Gasteiger partial charge in [0, 0.05) is 46.0 Å². The van der Waals surface area contributed by atoms with Gasteiger partial charge in [-0.05, 0) is 42.9 Å². The second-order valence-corrected chi connectivity index (χ2v) is 7.65. The van der Waals surface area contributed by atoms with E-state index in [9.17, 15) is 4.79 Å². The number of carbonyl (C=O) groups excluding carboxylic acids is 1. The summed E-state index contributed by atoms with van der Waals surface area (Å²) >= 11 is 11.8. The molecule has 1 saturated carbocycles. The Hall–Kier alpha value is -0.770. The number of hydrogen-bond acceptors (Lipinski definition) is 3. The highest BCUT2D eigenvalue weighted by Gasteiger charge is 2.36. The summed E-state index contributed by atoms with van der Waals surface area (Å²) in [6.07, 6.45) is 4.78. The fourth-order valence-electron chi connectivity index (χ4n) is 3.10. The molecule has 1 aromatic rings. The van der Waals surface area contributed by atoms with Gasteiger partial charge in [0.2, 0.25) is 0 Å². The Bertz CT molecular complexity index is 669. The van der Waals surface area contributed by atoms with E-state index in [1.807, 2.05) is 0 Å². The Morgan fingerprint density at radius 3 is 2.46 bits per heavy atom. The fourth-order valence-corrected chi connectivity index (χ4v) is 3.40. The van der Waals surface area contributed by atoms with Crippen molar-refractivity contribution in [3.05, 3.63) is 33.8 Å². The van der Waals surface area contributed by atoms with E-state index < -0.39 is 0 Å². The highest BCUT2D eigenvalue weighted by Crippen LogP contribution is 2.43. The number of hydrogen-bond donors (Lipinski definition) is 3. The molecule has 6 nitrogen and oxygen atoms in total. The van der Waals surface area contributed by atoms with Crippen LogP contribution in [0.1, 0.15) is 36.0 Å². The SMILES string of the molecule is CN=C(NCCNC(=O)c1ccc(Cl)c(Cl)c1)NCC1(CCOC)CCC1.I. The average Bonchev–Trinajstić information content (AvgIpc) is 2.64. The topological polar surface area (TPSA) is 74.8 Å². The summed E-state index contributed by atoms with van der Waals surface area (Å²) in [6.45, 7) is 2.70. The minimum atomic E-state index is -0.189. The average molecular weight is 543 g/mol. The zero-order chi connectivity index (χ0) is 19.7. The number of rotatable bonds is 9. The molecular formula is C19H29Cl2IN4O2. The maximum atomic E-state index is 12.1. The van der Waals surface area contributed by atoms with Gasteiger partial charge in [-0.15, -0.1) is 24.0 Å². The van der Waals surface area contributed by atoms with Gasteiger partial charge in [0.05, 0.1) is 10.0 Å².